The number of ether oxygens (including phenoxy) is 1. The molecule has 16 heavy (non-hydrogen) atoms. The van der Waals surface area contributed by atoms with Crippen molar-refractivity contribution in [1.29, 1.82) is 0 Å². The van der Waals surface area contributed by atoms with Gasteiger partial charge in [0.15, 0.2) is 0 Å². The van der Waals surface area contributed by atoms with E-state index < -0.39 is 0 Å². The molecule has 1 unspecified atom stereocenters. The summed E-state index contributed by atoms with van der Waals surface area (Å²) < 4.78 is 5.17. The highest BCUT2D eigenvalue weighted by Crippen LogP contribution is 2.23. The van der Waals surface area contributed by atoms with E-state index in [1.165, 1.54) is 5.56 Å². The summed E-state index contributed by atoms with van der Waals surface area (Å²) in [6.07, 6.45) is 0. The Bertz CT molecular complexity index is 306. The molecule has 88 valence electrons. The van der Waals surface area contributed by atoms with Crippen LogP contribution in [-0.2, 0) is 4.74 Å². The molecule has 1 aromatic rings. The summed E-state index contributed by atoms with van der Waals surface area (Å²) in [7, 11) is 0. The van der Waals surface area contributed by atoms with Crippen molar-refractivity contribution in [3.8, 4) is 0 Å². The summed E-state index contributed by atoms with van der Waals surface area (Å²) in [6, 6.07) is 11.3. The first kappa shape index (κ1) is 11.6. The molecule has 2 heteroatoms. The maximum absolute atomic E-state index is 5.17. The minimum Gasteiger partial charge on any atom is -0.378 e. The second-order valence-electron chi connectivity index (χ2n) is 4.90. The summed E-state index contributed by atoms with van der Waals surface area (Å²) in [5, 5.41) is 3.57. The normalized spacial score (nSPS) is 18.4. The van der Waals surface area contributed by atoms with Gasteiger partial charge in [-0.15, -0.1) is 0 Å². The van der Waals surface area contributed by atoms with E-state index in [-0.39, 0.29) is 0 Å². The van der Waals surface area contributed by atoms with Gasteiger partial charge in [0, 0.05) is 6.54 Å². The third-order valence-corrected chi connectivity index (χ3v) is 3.30. The molecule has 2 rings (SSSR count). The van der Waals surface area contributed by atoms with E-state index >= 15 is 0 Å². The van der Waals surface area contributed by atoms with E-state index in [4.69, 9.17) is 4.74 Å². The highest BCUT2D eigenvalue weighted by molar-refractivity contribution is 5.20. The highest BCUT2D eigenvalue weighted by atomic mass is 16.5. The van der Waals surface area contributed by atoms with E-state index in [0.717, 1.165) is 19.8 Å². The molecule has 1 aliphatic heterocycles. The SMILES string of the molecule is CC(C)C(CNC1COC1)c1ccccc1. The monoisotopic (exact) mass is 219 g/mol. The number of hydrogen-bond donors (Lipinski definition) is 1. The summed E-state index contributed by atoms with van der Waals surface area (Å²) in [5.41, 5.74) is 1.44. The van der Waals surface area contributed by atoms with Crippen LogP contribution < -0.4 is 5.32 Å². The zero-order chi connectivity index (χ0) is 11.4. The van der Waals surface area contributed by atoms with Gasteiger partial charge >= 0.3 is 0 Å². The second kappa shape index (κ2) is 5.46. The molecule has 1 heterocycles. The summed E-state index contributed by atoms with van der Waals surface area (Å²) in [4.78, 5) is 0. The standard InChI is InChI=1S/C14H21NO/c1-11(2)14(8-15-13-9-16-10-13)12-6-4-3-5-7-12/h3-7,11,13-15H,8-10H2,1-2H3. The van der Waals surface area contributed by atoms with Crippen molar-refractivity contribution in [2.45, 2.75) is 25.8 Å². The van der Waals surface area contributed by atoms with Gasteiger partial charge in [-0.25, -0.2) is 0 Å². The Labute approximate surface area is 98.0 Å². The first-order valence-corrected chi connectivity index (χ1v) is 6.13. The molecule has 2 nitrogen and oxygen atoms in total. The number of nitrogens with one attached hydrogen (secondary N) is 1. The van der Waals surface area contributed by atoms with Gasteiger partial charge in [0.1, 0.15) is 0 Å². The molecule has 1 N–H and O–H groups in total. The molecular formula is C14H21NO. The van der Waals surface area contributed by atoms with Crippen LogP contribution in [-0.4, -0.2) is 25.8 Å². The molecule has 0 bridgehead atoms. The van der Waals surface area contributed by atoms with Crippen LogP contribution in [0.25, 0.3) is 0 Å². The molecule has 0 amide bonds. The van der Waals surface area contributed by atoms with Gasteiger partial charge in [-0.2, -0.15) is 0 Å². The zero-order valence-electron chi connectivity index (χ0n) is 10.1. The Balaban J connectivity index is 1.94. The fourth-order valence-corrected chi connectivity index (χ4v) is 2.09. The zero-order valence-corrected chi connectivity index (χ0v) is 10.1. The number of benzene rings is 1. The van der Waals surface area contributed by atoms with Crippen LogP contribution in [0.5, 0.6) is 0 Å². The van der Waals surface area contributed by atoms with Gasteiger partial charge in [-0.3, -0.25) is 0 Å². The lowest BCUT2D eigenvalue weighted by Crippen LogP contribution is -2.47. The van der Waals surface area contributed by atoms with Crippen LogP contribution >= 0.6 is 0 Å². The van der Waals surface area contributed by atoms with Gasteiger partial charge < -0.3 is 10.1 Å². The van der Waals surface area contributed by atoms with E-state index in [1.807, 2.05) is 0 Å². The van der Waals surface area contributed by atoms with Crippen molar-refractivity contribution in [2.24, 2.45) is 5.92 Å². The summed E-state index contributed by atoms with van der Waals surface area (Å²) >= 11 is 0. The smallest absolute Gasteiger partial charge is 0.0643 e. The van der Waals surface area contributed by atoms with Gasteiger partial charge in [-0.05, 0) is 17.4 Å². The van der Waals surface area contributed by atoms with Gasteiger partial charge in [0.25, 0.3) is 0 Å². The minimum absolute atomic E-state index is 0.574. The van der Waals surface area contributed by atoms with Crippen LogP contribution in [0.1, 0.15) is 25.3 Å². The quantitative estimate of drug-likeness (QED) is 0.821. The van der Waals surface area contributed by atoms with E-state index in [9.17, 15) is 0 Å². The lowest BCUT2D eigenvalue weighted by molar-refractivity contribution is -0.00592. The van der Waals surface area contributed by atoms with E-state index in [0.29, 0.717) is 17.9 Å². The van der Waals surface area contributed by atoms with E-state index in [2.05, 4.69) is 49.5 Å². The lowest BCUT2D eigenvalue weighted by Gasteiger charge is -2.30. The largest absolute Gasteiger partial charge is 0.378 e. The Hall–Kier alpha value is -0.860. The molecule has 1 aliphatic rings. The highest BCUT2D eigenvalue weighted by Gasteiger charge is 2.21. The predicted molar refractivity (Wildman–Crippen MR) is 66.6 cm³/mol. The molecule has 0 saturated carbocycles. The molecule has 1 aromatic carbocycles. The minimum atomic E-state index is 0.574. The van der Waals surface area contributed by atoms with Crippen LogP contribution in [0, 0.1) is 5.92 Å². The summed E-state index contributed by atoms with van der Waals surface area (Å²) in [6.45, 7) is 7.38. The van der Waals surface area contributed by atoms with Crippen molar-refractivity contribution in [3.63, 3.8) is 0 Å². The molecule has 0 spiro atoms. The van der Waals surface area contributed by atoms with Crippen molar-refractivity contribution < 1.29 is 4.74 Å². The first-order valence-electron chi connectivity index (χ1n) is 6.13. The Kier molecular flexibility index (Phi) is 3.97. The Morgan fingerprint density at radius 2 is 1.94 bits per heavy atom. The lowest BCUT2D eigenvalue weighted by atomic mass is 9.88. The van der Waals surface area contributed by atoms with Crippen molar-refractivity contribution >= 4 is 0 Å². The average Bonchev–Trinajstić information content (AvgIpc) is 2.22. The molecule has 0 aliphatic carbocycles. The van der Waals surface area contributed by atoms with Crippen molar-refractivity contribution in [2.75, 3.05) is 19.8 Å². The van der Waals surface area contributed by atoms with Crippen LogP contribution in [0.3, 0.4) is 0 Å². The fraction of sp³-hybridized carbons (Fsp3) is 0.571. The number of hydrogen-bond acceptors (Lipinski definition) is 2. The maximum atomic E-state index is 5.17. The molecule has 1 fully saturated rings. The van der Waals surface area contributed by atoms with Crippen LogP contribution in [0.15, 0.2) is 30.3 Å². The Morgan fingerprint density at radius 3 is 2.44 bits per heavy atom. The maximum Gasteiger partial charge on any atom is 0.0643 e. The van der Waals surface area contributed by atoms with E-state index in [1.54, 1.807) is 0 Å². The molecule has 1 saturated heterocycles. The molecular weight excluding hydrogens is 198 g/mol. The Morgan fingerprint density at radius 1 is 1.25 bits per heavy atom. The van der Waals surface area contributed by atoms with Crippen molar-refractivity contribution in [3.05, 3.63) is 35.9 Å². The average molecular weight is 219 g/mol. The van der Waals surface area contributed by atoms with Crippen LogP contribution in [0.4, 0.5) is 0 Å². The topological polar surface area (TPSA) is 21.3 Å². The van der Waals surface area contributed by atoms with Crippen molar-refractivity contribution in [1.82, 2.24) is 5.32 Å². The predicted octanol–water partition coefficient (Wildman–Crippen LogP) is 2.41. The van der Waals surface area contributed by atoms with Crippen LogP contribution in [0.2, 0.25) is 0 Å². The summed E-state index contributed by atoms with van der Waals surface area (Å²) in [5.74, 6) is 1.26. The molecule has 0 radical (unpaired) electrons. The van der Waals surface area contributed by atoms with Gasteiger partial charge in [-0.1, -0.05) is 44.2 Å². The fourth-order valence-electron chi connectivity index (χ4n) is 2.09. The second-order valence-corrected chi connectivity index (χ2v) is 4.90. The molecule has 0 aromatic heterocycles. The van der Waals surface area contributed by atoms with Gasteiger partial charge in [0.05, 0.1) is 19.3 Å². The third kappa shape index (κ3) is 2.83. The third-order valence-electron chi connectivity index (χ3n) is 3.30. The van der Waals surface area contributed by atoms with Gasteiger partial charge in [0.2, 0.25) is 0 Å². The first-order chi connectivity index (χ1) is 7.77. The number of rotatable bonds is 5. The molecule has 1 atom stereocenters.